The molecule has 0 amide bonds. The number of nitrogens with one attached hydrogen (secondary N) is 1. The number of piperazine rings is 1. The standard InChI is InChI=1S/C17H19F3N2O2.ClH/c1-23-15-11-12(17(18,19)20)4-5-13(15)16(14-3-2-10-24-14)22-8-6-21-7-9-22;/h2-5,10-11,16,21H,6-9H2,1H3;1H/t16-;/m1./s1. The molecule has 1 aromatic heterocycles. The highest BCUT2D eigenvalue weighted by atomic mass is 35.5. The molecule has 0 saturated carbocycles. The van der Waals surface area contributed by atoms with E-state index in [-0.39, 0.29) is 24.2 Å². The number of ether oxygens (including phenoxy) is 1. The maximum absolute atomic E-state index is 13.0. The maximum Gasteiger partial charge on any atom is 0.416 e. The number of furan rings is 1. The third-order valence-corrected chi connectivity index (χ3v) is 4.18. The fourth-order valence-electron chi connectivity index (χ4n) is 3.03. The van der Waals surface area contributed by atoms with Crippen molar-refractivity contribution in [3.8, 4) is 5.75 Å². The second-order valence-electron chi connectivity index (χ2n) is 5.66. The summed E-state index contributed by atoms with van der Waals surface area (Å²) in [7, 11) is 1.38. The van der Waals surface area contributed by atoms with E-state index in [1.807, 2.05) is 6.07 Å². The highest BCUT2D eigenvalue weighted by Crippen LogP contribution is 2.39. The summed E-state index contributed by atoms with van der Waals surface area (Å²) in [4.78, 5) is 2.18. The van der Waals surface area contributed by atoms with Crippen molar-refractivity contribution in [1.82, 2.24) is 10.2 Å². The van der Waals surface area contributed by atoms with Gasteiger partial charge in [0.25, 0.3) is 0 Å². The van der Waals surface area contributed by atoms with Crippen LogP contribution in [-0.4, -0.2) is 38.2 Å². The van der Waals surface area contributed by atoms with Gasteiger partial charge in [0.2, 0.25) is 0 Å². The van der Waals surface area contributed by atoms with Crippen LogP contribution < -0.4 is 10.1 Å². The van der Waals surface area contributed by atoms with Gasteiger partial charge in [0.15, 0.2) is 0 Å². The van der Waals surface area contributed by atoms with Crippen LogP contribution in [0.15, 0.2) is 41.0 Å². The molecule has 1 aliphatic rings. The first kappa shape index (κ1) is 19.6. The molecule has 0 spiro atoms. The van der Waals surface area contributed by atoms with Crippen LogP contribution in [0.5, 0.6) is 5.75 Å². The minimum Gasteiger partial charge on any atom is -0.496 e. The quantitative estimate of drug-likeness (QED) is 0.882. The number of alkyl halides is 3. The molecule has 1 saturated heterocycles. The largest absolute Gasteiger partial charge is 0.496 e. The Balaban J connectivity index is 0.00000225. The summed E-state index contributed by atoms with van der Waals surface area (Å²) in [5.74, 6) is 0.903. The number of methoxy groups -OCH3 is 1. The summed E-state index contributed by atoms with van der Waals surface area (Å²) < 4.78 is 49.7. The van der Waals surface area contributed by atoms with Crippen molar-refractivity contribution in [3.63, 3.8) is 0 Å². The van der Waals surface area contributed by atoms with Gasteiger partial charge < -0.3 is 14.5 Å². The summed E-state index contributed by atoms with van der Waals surface area (Å²) in [6, 6.07) is 6.96. The van der Waals surface area contributed by atoms with Crippen LogP contribution in [0, 0.1) is 0 Å². The number of halogens is 4. The van der Waals surface area contributed by atoms with Crippen molar-refractivity contribution in [2.24, 2.45) is 0 Å². The predicted molar refractivity (Wildman–Crippen MR) is 90.2 cm³/mol. The van der Waals surface area contributed by atoms with Gasteiger partial charge in [-0.25, -0.2) is 0 Å². The second kappa shape index (κ2) is 8.12. The van der Waals surface area contributed by atoms with Gasteiger partial charge in [-0.3, -0.25) is 4.90 Å². The molecule has 1 aliphatic heterocycles. The summed E-state index contributed by atoms with van der Waals surface area (Å²) >= 11 is 0. The number of rotatable bonds is 4. The fourth-order valence-corrected chi connectivity index (χ4v) is 3.03. The van der Waals surface area contributed by atoms with Gasteiger partial charge in [0.05, 0.1) is 25.0 Å². The van der Waals surface area contributed by atoms with Crippen LogP contribution in [0.3, 0.4) is 0 Å². The van der Waals surface area contributed by atoms with Crippen molar-refractivity contribution in [2.75, 3.05) is 33.3 Å². The summed E-state index contributed by atoms with van der Waals surface area (Å²) in [5, 5.41) is 3.27. The van der Waals surface area contributed by atoms with E-state index in [2.05, 4.69) is 10.2 Å². The van der Waals surface area contributed by atoms with Crippen molar-refractivity contribution in [2.45, 2.75) is 12.2 Å². The van der Waals surface area contributed by atoms with Gasteiger partial charge in [0.1, 0.15) is 11.5 Å². The van der Waals surface area contributed by atoms with E-state index in [1.54, 1.807) is 12.3 Å². The van der Waals surface area contributed by atoms with Crippen LogP contribution in [0.25, 0.3) is 0 Å². The Bertz CT molecular complexity index is 671. The Kier molecular flexibility index (Phi) is 6.37. The maximum atomic E-state index is 13.0. The molecule has 0 aliphatic carbocycles. The molecule has 2 heterocycles. The van der Waals surface area contributed by atoms with Gasteiger partial charge in [0, 0.05) is 31.7 Å². The third-order valence-electron chi connectivity index (χ3n) is 4.18. The lowest BCUT2D eigenvalue weighted by atomic mass is 9.99. The first-order chi connectivity index (χ1) is 11.5. The molecule has 2 aromatic rings. The van der Waals surface area contributed by atoms with E-state index in [0.717, 1.165) is 38.3 Å². The van der Waals surface area contributed by atoms with E-state index in [1.165, 1.54) is 13.2 Å². The topological polar surface area (TPSA) is 37.6 Å². The summed E-state index contributed by atoms with van der Waals surface area (Å²) in [5.41, 5.74) is -0.0519. The lowest BCUT2D eigenvalue weighted by molar-refractivity contribution is -0.137. The van der Waals surface area contributed by atoms with Crippen molar-refractivity contribution < 1.29 is 22.3 Å². The van der Waals surface area contributed by atoms with E-state index < -0.39 is 11.7 Å². The molecule has 1 atom stereocenters. The first-order valence-corrected chi connectivity index (χ1v) is 7.74. The molecular formula is C17H20ClF3N2O2. The molecule has 138 valence electrons. The van der Waals surface area contributed by atoms with E-state index in [0.29, 0.717) is 11.3 Å². The molecule has 8 heteroatoms. The zero-order valence-corrected chi connectivity index (χ0v) is 14.5. The zero-order chi connectivity index (χ0) is 17.2. The van der Waals surface area contributed by atoms with Crippen molar-refractivity contribution in [1.29, 1.82) is 0 Å². The summed E-state index contributed by atoms with van der Waals surface area (Å²) in [6.45, 7) is 3.19. The number of hydrogen-bond donors (Lipinski definition) is 1. The lowest BCUT2D eigenvalue weighted by Crippen LogP contribution is -2.45. The Morgan fingerprint density at radius 2 is 1.92 bits per heavy atom. The number of hydrogen-bond acceptors (Lipinski definition) is 4. The Hall–Kier alpha value is -1.70. The molecule has 25 heavy (non-hydrogen) atoms. The molecule has 3 rings (SSSR count). The van der Waals surface area contributed by atoms with Crippen LogP contribution in [0.2, 0.25) is 0 Å². The van der Waals surface area contributed by atoms with E-state index >= 15 is 0 Å². The SMILES string of the molecule is COc1cc(C(F)(F)F)ccc1[C@H](c1ccco1)N1CCNCC1.Cl. The minimum absolute atomic E-state index is 0. The molecular weight excluding hydrogens is 357 g/mol. The van der Waals surface area contributed by atoms with Crippen LogP contribution in [0.4, 0.5) is 13.2 Å². The average molecular weight is 377 g/mol. The van der Waals surface area contributed by atoms with E-state index in [9.17, 15) is 13.2 Å². The molecule has 1 N–H and O–H groups in total. The molecule has 4 nitrogen and oxygen atoms in total. The molecule has 0 unspecified atom stereocenters. The van der Waals surface area contributed by atoms with Gasteiger partial charge in [-0.1, -0.05) is 6.07 Å². The molecule has 1 aromatic carbocycles. The van der Waals surface area contributed by atoms with Crippen molar-refractivity contribution in [3.05, 3.63) is 53.5 Å². The predicted octanol–water partition coefficient (Wildman–Crippen LogP) is 3.72. The molecule has 1 fully saturated rings. The van der Waals surface area contributed by atoms with E-state index in [4.69, 9.17) is 9.15 Å². The molecule has 0 bridgehead atoms. The number of nitrogens with zero attached hydrogens (tertiary/aromatic N) is 1. The smallest absolute Gasteiger partial charge is 0.416 e. The Labute approximate surface area is 150 Å². The second-order valence-corrected chi connectivity index (χ2v) is 5.66. The van der Waals surface area contributed by atoms with Gasteiger partial charge >= 0.3 is 6.18 Å². The summed E-state index contributed by atoms with van der Waals surface area (Å²) in [6.07, 6.45) is -2.83. The highest BCUT2D eigenvalue weighted by Gasteiger charge is 2.34. The minimum atomic E-state index is -4.40. The fraction of sp³-hybridized carbons (Fsp3) is 0.412. The molecule has 0 radical (unpaired) electrons. The Morgan fingerprint density at radius 3 is 2.48 bits per heavy atom. The zero-order valence-electron chi connectivity index (χ0n) is 13.7. The van der Waals surface area contributed by atoms with Crippen molar-refractivity contribution >= 4 is 12.4 Å². The third kappa shape index (κ3) is 4.29. The average Bonchev–Trinajstić information content (AvgIpc) is 3.09. The number of benzene rings is 1. The van der Waals surface area contributed by atoms with Crippen LogP contribution in [0.1, 0.15) is 22.9 Å². The lowest BCUT2D eigenvalue weighted by Gasteiger charge is -2.34. The van der Waals surface area contributed by atoms with Gasteiger partial charge in [-0.05, 0) is 24.3 Å². The van der Waals surface area contributed by atoms with Gasteiger partial charge in [-0.15, -0.1) is 12.4 Å². The monoisotopic (exact) mass is 376 g/mol. The Morgan fingerprint density at radius 1 is 1.20 bits per heavy atom. The van der Waals surface area contributed by atoms with Gasteiger partial charge in [-0.2, -0.15) is 13.2 Å². The van der Waals surface area contributed by atoms with Crippen LogP contribution >= 0.6 is 12.4 Å². The highest BCUT2D eigenvalue weighted by molar-refractivity contribution is 5.85. The first-order valence-electron chi connectivity index (χ1n) is 7.74. The van der Waals surface area contributed by atoms with Crippen LogP contribution in [-0.2, 0) is 6.18 Å². The normalized spacial score (nSPS) is 17.0.